The number of aliphatic imine (C=N–C) groups is 1. The largest absolute Gasteiger partial charge is 0.497 e. The van der Waals surface area contributed by atoms with Gasteiger partial charge in [0.25, 0.3) is 11.9 Å². The predicted molar refractivity (Wildman–Crippen MR) is 120 cm³/mol. The molecule has 3 aromatic rings. The second kappa shape index (κ2) is 7.93. The first kappa shape index (κ1) is 21.0. The van der Waals surface area contributed by atoms with Gasteiger partial charge in [0, 0.05) is 42.0 Å². The summed E-state index contributed by atoms with van der Waals surface area (Å²) < 4.78 is 32.1. The zero-order valence-corrected chi connectivity index (χ0v) is 18.1. The van der Waals surface area contributed by atoms with E-state index in [2.05, 4.69) is 15.3 Å². The van der Waals surface area contributed by atoms with Gasteiger partial charge in [-0.05, 0) is 36.4 Å². The minimum Gasteiger partial charge on any atom is -0.497 e. The van der Waals surface area contributed by atoms with E-state index < -0.39 is 17.3 Å². The van der Waals surface area contributed by atoms with Crippen LogP contribution in [0.25, 0.3) is 0 Å². The van der Waals surface area contributed by atoms with Gasteiger partial charge in [0.05, 0.1) is 12.1 Å². The van der Waals surface area contributed by atoms with Gasteiger partial charge in [-0.25, -0.2) is 14.4 Å². The Balaban J connectivity index is 1.59. The number of benzene rings is 2. The number of ether oxygens (including phenoxy) is 3. The van der Waals surface area contributed by atoms with Crippen LogP contribution in [0.15, 0.2) is 53.7 Å². The molecule has 3 N–H and O–H groups in total. The number of amidine groups is 1. The highest BCUT2D eigenvalue weighted by atomic mass is 35.5. The van der Waals surface area contributed by atoms with Crippen LogP contribution in [0.1, 0.15) is 28.0 Å². The molecule has 0 fully saturated rings. The van der Waals surface area contributed by atoms with Gasteiger partial charge < -0.3 is 25.3 Å². The molecule has 0 aliphatic carbocycles. The Hall–Kier alpha value is -3.85. The van der Waals surface area contributed by atoms with Crippen molar-refractivity contribution >= 4 is 29.2 Å². The SMILES string of the molecule is COc1cc(F)c2c(c1)[C@]1(CCN=C(N)O1)c1cc(NC(=O)c3ccc(Cl)cn3)ccc1O2. The lowest BCUT2D eigenvalue weighted by molar-refractivity contribution is 0.0624. The number of hydrogen-bond donors (Lipinski definition) is 2. The highest BCUT2D eigenvalue weighted by molar-refractivity contribution is 6.30. The maximum Gasteiger partial charge on any atom is 0.283 e. The number of nitrogens with two attached hydrogens (primary N) is 1. The predicted octanol–water partition coefficient (Wildman–Crippen LogP) is 4.22. The lowest BCUT2D eigenvalue weighted by Crippen LogP contribution is -2.42. The van der Waals surface area contributed by atoms with E-state index in [1.807, 2.05) is 0 Å². The van der Waals surface area contributed by atoms with Crippen LogP contribution in [0, 0.1) is 5.82 Å². The quantitative estimate of drug-likeness (QED) is 0.596. The summed E-state index contributed by atoms with van der Waals surface area (Å²) in [7, 11) is 1.45. The van der Waals surface area contributed by atoms with Crippen molar-refractivity contribution in [2.45, 2.75) is 12.0 Å². The summed E-state index contributed by atoms with van der Waals surface area (Å²) in [5.41, 5.74) is 6.43. The van der Waals surface area contributed by atoms with E-state index >= 15 is 0 Å². The van der Waals surface area contributed by atoms with Gasteiger partial charge in [-0.15, -0.1) is 0 Å². The number of methoxy groups -OCH3 is 1. The van der Waals surface area contributed by atoms with E-state index in [0.717, 1.165) is 0 Å². The Morgan fingerprint density at radius 3 is 2.82 bits per heavy atom. The third-order valence-electron chi connectivity index (χ3n) is 5.54. The Labute approximate surface area is 193 Å². The topological polar surface area (TPSA) is 108 Å². The number of fused-ring (bicyclic) bond motifs is 4. The number of amides is 1. The number of carbonyl (C=O) groups excluding carboxylic acids is 1. The number of carbonyl (C=O) groups is 1. The zero-order chi connectivity index (χ0) is 23.2. The molecule has 1 aromatic heterocycles. The van der Waals surface area contributed by atoms with Gasteiger partial charge in [-0.2, -0.15) is 0 Å². The van der Waals surface area contributed by atoms with Crippen molar-refractivity contribution in [3.05, 3.63) is 76.3 Å². The van der Waals surface area contributed by atoms with E-state index in [1.165, 1.54) is 25.4 Å². The summed E-state index contributed by atoms with van der Waals surface area (Å²) in [6.07, 6.45) is 1.77. The number of rotatable bonds is 3. The third-order valence-corrected chi connectivity index (χ3v) is 5.77. The Kier molecular flexibility index (Phi) is 5.05. The molecule has 8 nitrogen and oxygen atoms in total. The molecule has 3 heterocycles. The Morgan fingerprint density at radius 1 is 1.24 bits per heavy atom. The number of pyridine rings is 1. The van der Waals surface area contributed by atoms with Crippen LogP contribution in [-0.4, -0.2) is 30.6 Å². The summed E-state index contributed by atoms with van der Waals surface area (Å²) in [5.74, 6) is -0.300. The molecule has 33 heavy (non-hydrogen) atoms. The summed E-state index contributed by atoms with van der Waals surface area (Å²) in [6, 6.07) is 11.0. The van der Waals surface area contributed by atoms with Gasteiger partial charge in [0.1, 0.15) is 17.2 Å². The van der Waals surface area contributed by atoms with Gasteiger partial charge in [-0.1, -0.05) is 11.6 Å². The maximum atomic E-state index is 14.9. The van der Waals surface area contributed by atoms with Crippen molar-refractivity contribution in [3.8, 4) is 17.2 Å². The van der Waals surface area contributed by atoms with Gasteiger partial charge >= 0.3 is 0 Å². The molecule has 168 valence electrons. The number of hydrogen-bond acceptors (Lipinski definition) is 7. The standard InChI is InChI=1S/C23H18ClFN4O4/c1-31-14-9-16-20(17(25)10-14)32-19-5-3-13(29-21(30)18-4-2-12(24)11-28-18)8-15(19)23(16)6-7-27-22(26)33-23/h2-5,8-11H,6-7H2,1H3,(H2,26,27)(H,29,30)/t23-/m0/s1. The molecule has 2 aliphatic rings. The maximum absolute atomic E-state index is 14.9. The molecule has 1 spiro atoms. The minimum atomic E-state index is -1.18. The van der Waals surface area contributed by atoms with Crippen LogP contribution < -0.4 is 20.5 Å². The summed E-state index contributed by atoms with van der Waals surface area (Å²) in [6.45, 7) is 0.356. The lowest BCUT2D eigenvalue weighted by Gasteiger charge is -2.41. The van der Waals surface area contributed by atoms with Crippen molar-refractivity contribution < 1.29 is 23.4 Å². The molecule has 10 heteroatoms. The lowest BCUT2D eigenvalue weighted by atomic mass is 9.79. The van der Waals surface area contributed by atoms with E-state index in [0.29, 0.717) is 46.3 Å². The van der Waals surface area contributed by atoms with Gasteiger partial charge in [-0.3, -0.25) is 4.79 Å². The van der Waals surface area contributed by atoms with Crippen LogP contribution in [0.5, 0.6) is 17.2 Å². The monoisotopic (exact) mass is 468 g/mol. The minimum absolute atomic E-state index is 0.0249. The third kappa shape index (κ3) is 3.60. The highest BCUT2D eigenvalue weighted by Crippen LogP contribution is 2.53. The second-order valence-electron chi connectivity index (χ2n) is 7.51. The molecule has 0 bridgehead atoms. The smallest absolute Gasteiger partial charge is 0.283 e. The van der Waals surface area contributed by atoms with Crippen molar-refractivity contribution in [1.29, 1.82) is 0 Å². The van der Waals surface area contributed by atoms with E-state index in [4.69, 9.17) is 31.5 Å². The summed E-state index contributed by atoms with van der Waals surface area (Å²) in [4.78, 5) is 20.8. The van der Waals surface area contributed by atoms with E-state index in [-0.39, 0.29) is 17.5 Å². The Morgan fingerprint density at radius 2 is 2.09 bits per heavy atom. The molecule has 5 rings (SSSR count). The van der Waals surface area contributed by atoms with Gasteiger partial charge in [0.2, 0.25) is 0 Å². The molecule has 2 aliphatic heterocycles. The number of nitrogens with one attached hydrogen (secondary N) is 1. The van der Waals surface area contributed by atoms with Crippen LogP contribution in [0.2, 0.25) is 5.02 Å². The highest BCUT2D eigenvalue weighted by Gasteiger charge is 2.48. The van der Waals surface area contributed by atoms with Gasteiger partial charge in [0.15, 0.2) is 17.2 Å². The fourth-order valence-electron chi connectivity index (χ4n) is 4.03. The first-order chi connectivity index (χ1) is 15.9. The average molecular weight is 469 g/mol. The molecule has 0 radical (unpaired) electrons. The van der Waals surface area contributed by atoms with Crippen molar-refractivity contribution in [2.75, 3.05) is 19.0 Å². The number of halogens is 2. The summed E-state index contributed by atoms with van der Waals surface area (Å²) in [5, 5.41) is 3.23. The first-order valence-electron chi connectivity index (χ1n) is 10.0. The fraction of sp³-hybridized carbons (Fsp3) is 0.174. The fourth-order valence-corrected chi connectivity index (χ4v) is 4.14. The summed E-state index contributed by atoms with van der Waals surface area (Å²) >= 11 is 5.85. The average Bonchev–Trinajstić information content (AvgIpc) is 2.80. The normalized spacial score (nSPS) is 18.3. The first-order valence-corrected chi connectivity index (χ1v) is 10.4. The van der Waals surface area contributed by atoms with Crippen molar-refractivity contribution in [1.82, 2.24) is 4.98 Å². The number of nitrogens with zero attached hydrogens (tertiary/aromatic N) is 2. The molecule has 1 amide bonds. The molecule has 1 atom stereocenters. The Bertz CT molecular complexity index is 1300. The van der Waals surface area contributed by atoms with Crippen LogP contribution in [0.4, 0.5) is 10.1 Å². The molecule has 0 saturated heterocycles. The zero-order valence-electron chi connectivity index (χ0n) is 17.4. The molecule has 2 aromatic carbocycles. The van der Waals surface area contributed by atoms with E-state index in [1.54, 1.807) is 30.3 Å². The second-order valence-corrected chi connectivity index (χ2v) is 7.95. The van der Waals surface area contributed by atoms with E-state index in [9.17, 15) is 9.18 Å². The van der Waals surface area contributed by atoms with Crippen LogP contribution in [-0.2, 0) is 10.3 Å². The van der Waals surface area contributed by atoms with Crippen LogP contribution >= 0.6 is 11.6 Å². The molecule has 0 unspecified atom stereocenters. The van der Waals surface area contributed by atoms with Crippen molar-refractivity contribution in [2.24, 2.45) is 10.7 Å². The number of anilines is 1. The molecular formula is C23H18ClFN4O4. The van der Waals surface area contributed by atoms with Crippen molar-refractivity contribution in [3.63, 3.8) is 0 Å². The van der Waals surface area contributed by atoms with Crippen LogP contribution in [0.3, 0.4) is 0 Å². The molecule has 0 saturated carbocycles. The molecular weight excluding hydrogens is 451 g/mol. The number of aromatic nitrogens is 1.